The van der Waals surface area contributed by atoms with Crippen LogP contribution in [-0.4, -0.2) is 23.6 Å². The third-order valence-corrected chi connectivity index (χ3v) is 3.60. The van der Waals surface area contributed by atoms with E-state index in [0.29, 0.717) is 12.1 Å². The number of aliphatic hydroxyl groups is 1. The Morgan fingerprint density at radius 1 is 0.926 bits per heavy atom. The van der Waals surface area contributed by atoms with Crippen molar-refractivity contribution in [2.45, 2.75) is 12.3 Å². The molecular weight excluding hydrogens is 407 g/mol. The van der Waals surface area contributed by atoms with Crippen molar-refractivity contribution in [1.82, 2.24) is 0 Å². The van der Waals surface area contributed by atoms with E-state index >= 15 is 0 Å². The highest BCUT2D eigenvalue weighted by atomic mass is 35.5. The van der Waals surface area contributed by atoms with Gasteiger partial charge in [0, 0.05) is 24.4 Å². The number of alkyl halides is 4. The van der Waals surface area contributed by atoms with E-state index in [-0.39, 0.29) is 30.2 Å². The standard InChI is InChI=1S/C16H11ClF7NO2/c17-5-9(26)6-25-8-3-12(20)15(13(21)4-8)27-14-10(18)1-7(2-11(14)19)16(22,23)24/h1-4,9,25-26H,5-6H2. The monoisotopic (exact) mass is 417 g/mol. The van der Waals surface area contributed by atoms with Crippen LogP contribution >= 0.6 is 11.6 Å². The summed E-state index contributed by atoms with van der Waals surface area (Å²) < 4.78 is 97.6. The number of hydrogen-bond donors (Lipinski definition) is 2. The topological polar surface area (TPSA) is 41.5 Å². The summed E-state index contributed by atoms with van der Waals surface area (Å²) in [6.07, 6.45) is -6.01. The van der Waals surface area contributed by atoms with Crippen molar-refractivity contribution in [2.75, 3.05) is 17.7 Å². The fraction of sp³-hybridized carbons (Fsp3) is 0.250. The summed E-state index contributed by atoms with van der Waals surface area (Å²) in [7, 11) is 0. The van der Waals surface area contributed by atoms with Gasteiger partial charge in [0.25, 0.3) is 0 Å². The number of hydrogen-bond acceptors (Lipinski definition) is 3. The van der Waals surface area contributed by atoms with Crippen LogP contribution in [0.2, 0.25) is 0 Å². The van der Waals surface area contributed by atoms with Gasteiger partial charge in [-0.25, -0.2) is 17.6 Å². The Hall–Kier alpha value is -2.20. The Bertz CT molecular complexity index is 783. The lowest BCUT2D eigenvalue weighted by atomic mass is 10.2. The van der Waals surface area contributed by atoms with Gasteiger partial charge in [-0.05, 0) is 12.1 Å². The van der Waals surface area contributed by atoms with Crippen LogP contribution in [0.1, 0.15) is 5.56 Å². The first kappa shape index (κ1) is 21.1. The van der Waals surface area contributed by atoms with E-state index in [0.717, 1.165) is 0 Å². The minimum absolute atomic E-state index is 0.0578. The number of benzene rings is 2. The molecule has 0 aliphatic rings. The average molecular weight is 418 g/mol. The number of ether oxygens (including phenoxy) is 1. The van der Waals surface area contributed by atoms with Gasteiger partial charge < -0.3 is 15.2 Å². The van der Waals surface area contributed by atoms with E-state index in [9.17, 15) is 35.8 Å². The molecule has 1 unspecified atom stereocenters. The zero-order valence-electron chi connectivity index (χ0n) is 13.2. The highest BCUT2D eigenvalue weighted by Gasteiger charge is 2.33. The first-order chi connectivity index (χ1) is 12.5. The normalized spacial score (nSPS) is 12.8. The van der Waals surface area contributed by atoms with E-state index in [1.165, 1.54) is 0 Å². The SMILES string of the molecule is OC(CCl)CNc1cc(F)c(Oc2c(F)cc(C(F)(F)F)cc2F)c(F)c1. The molecule has 1 atom stereocenters. The fourth-order valence-electron chi connectivity index (χ4n) is 1.97. The highest BCUT2D eigenvalue weighted by Crippen LogP contribution is 2.37. The van der Waals surface area contributed by atoms with Crippen molar-refractivity contribution in [3.8, 4) is 11.5 Å². The minimum atomic E-state index is -5.02. The second kappa shape index (κ2) is 8.22. The Morgan fingerprint density at radius 2 is 1.37 bits per heavy atom. The molecule has 11 heteroatoms. The van der Waals surface area contributed by atoms with E-state index in [4.69, 9.17) is 11.6 Å². The summed E-state index contributed by atoms with van der Waals surface area (Å²) in [6.45, 7) is -0.134. The first-order valence-corrected chi connectivity index (χ1v) is 7.77. The van der Waals surface area contributed by atoms with Crippen LogP contribution in [0.3, 0.4) is 0 Å². The van der Waals surface area contributed by atoms with Gasteiger partial charge in [-0.1, -0.05) is 0 Å². The van der Waals surface area contributed by atoms with Crippen LogP contribution in [0, 0.1) is 23.3 Å². The molecule has 27 heavy (non-hydrogen) atoms. The summed E-state index contributed by atoms with van der Waals surface area (Å²) in [5, 5.41) is 11.7. The van der Waals surface area contributed by atoms with Gasteiger partial charge in [-0.3, -0.25) is 0 Å². The Kier molecular flexibility index (Phi) is 6.42. The molecule has 0 spiro atoms. The van der Waals surface area contributed by atoms with Gasteiger partial charge in [-0.15, -0.1) is 11.6 Å². The number of anilines is 1. The predicted molar refractivity (Wildman–Crippen MR) is 83.0 cm³/mol. The lowest BCUT2D eigenvalue weighted by Crippen LogP contribution is -2.20. The van der Waals surface area contributed by atoms with Crippen molar-refractivity contribution in [3.05, 3.63) is 53.1 Å². The van der Waals surface area contributed by atoms with Crippen molar-refractivity contribution in [2.24, 2.45) is 0 Å². The summed E-state index contributed by atoms with van der Waals surface area (Å²) in [6, 6.07) is 1.30. The van der Waals surface area contributed by atoms with Crippen LogP contribution in [0.5, 0.6) is 11.5 Å². The molecule has 0 fully saturated rings. The largest absolute Gasteiger partial charge is 0.445 e. The number of halogens is 8. The maximum atomic E-state index is 14.0. The van der Waals surface area contributed by atoms with E-state index < -0.39 is 52.6 Å². The second-order valence-corrected chi connectivity index (χ2v) is 5.64. The fourth-order valence-corrected chi connectivity index (χ4v) is 2.08. The second-order valence-electron chi connectivity index (χ2n) is 5.33. The summed E-state index contributed by atoms with van der Waals surface area (Å²) >= 11 is 5.37. The van der Waals surface area contributed by atoms with E-state index in [2.05, 4.69) is 10.1 Å². The van der Waals surface area contributed by atoms with Gasteiger partial charge in [-0.2, -0.15) is 13.2 Å². The molecule has 0 heterocycles. The molecule has 0 radical (unpaired) electrons. The average Bonchev–Trinajstić information content (AvgIpc) is 2.56. The van der Waals surface area contributed by atoms with Crippen LogP contribution in [0.4, 0.5) is 36.4 Å². The summed E-state index contributed by atoms with van der Waals surface area (Å²) in [5.41, 5.74) is -1.75. The zero-order chi connectivity index (χ0) is 20.4. The van der Waals surface area contributed by atoms with Gasteiger partial charge in [0.15, 0.2) is 34.8 Å². The van der Waals surface area contributed by atoms with Crippen molar-refractivity contribution in [3.63, 3.8) is 0 Å². The third kappa shape index (κ3) is 5.16. The molecule has 2 aromatic rings. The molecule has 0 aliphatic heterocycles. The maximum Gasteiger partial charge on any atom is 0.416 e. The van der Waals surface area contributed by atoms with Crippen molar-refractivity contribution in [1.29, 1.82) is 0 Å². The molecule has 148 valence electrons. The Balaban J connectivity index is 2.30. The zero-order valence-corrected chi connectivity index (χ0v) is 13.9. The van der Waals surface area contributed by atoms with Gasteiger partial charge in [0.1, 0.15) is 0 Å². The lowest BCUT2D eigenvalue weighted by molar-refractivity contribution is -0.138. The third-order valence-electron chi connectivity index (χ3n) is 3.25. The van der Waals surface area contributed by atoms with Gasteiger partial charge in [0.05, 0.1) is 17.5 Å². The molecule has 0 saturated carbocycles. The summed E-state index contributed by atoms with van der Waals surface area (Å²) in [5.74, 6) is -9.06. The summed E-state index contributed by atoms with van der Waals surface area (Å²) in [4.78, 5) is 0. The lowest BCUT2D eigenvalue weighted by Gasteiger charge is -2.14. The van der Waals surface area contributed by atoms with Crippen molar-refractivity contribution < 1.29 is 40.6 Å². The van der Waals surface area contributed by atoms with Crippen LogP contribution < -0.4 is 10.1 Å². The Morgan fingerprint density at radius 3 is 1.78 bits per heavy atom. The molecule has 2 rings (SSSR count). The Labute approximate surface area is 153 Å². The molecule has 2 N–H and O–H groups in total. The molecule has 0 amide bonds. The predicted octanol–water partition coefficient (Wildman–Crippen LogP) is 5.07. The molecule has 0 bridgehead atoms. The van der Waals surface area contributed by atoms with Gasteiger partial charge in [0.2, 0.25) is 0 Å². The quantitative estimate of drug-likeness (QED) is 0.509. The molecule has 0 aliphatic carbocycles. The van der Waals surface area contributed by atoms with Crippen LogP contribution in [-0.2, 0) is 6.18 Å². The van der Waals surface area contributed by atoms with Crippen molar-refractivity contribution >= 4 is 17.3 Å². The smallest absolute Gasteiger partial charge is 0.416 e. The molecule has 0 aromatic heterocycles. The molecule has 3 nitrogen and oxygen atoms in total. The van der Waals surface area contributed by atoms with Crippen LogP contribution in [0.25, 0.3) is 0 Å². The van der Waals surface area contributed by atoms with Gasteiger partial charge >= 0.3 is 6.18 Å². The number of rotatable bonds is 6. The van der Waals surface area contributed by atoms with E-state index in [1.54, 1.807) is 0 Å². The number of nitrogens with one attached hydrogen (secondary N) is 1. The molecular formula is C16H11ClF7NO2. The molecule has 2 aromatic carbocycles. The van der Waals surface area contributed by atoms with E-state index in [1.807, 2.05) is 0 Å². The van der Waals surface area contributed by atoms with Crippen LogP contribution in [0.15, 0.2) is 24.3 Å². The first-order valence-electron chi connectivity index (χ1n) is 7.24. The highest BCUT2D eigenvalue weighted by molar-refractivity contribution is 6.18. The number of aliphatic hydroxyl groups excluding tert-OH is 1. The minimum Gasteiger partial charge on any atom is -0.445 e. The molecule has 0 saturated heterocycles. The maximum absolute atomic E-state index is 14.0.